The maximum atomic E-state index is 11.8. The van der Waals surface area contributed by atoms with Crippen molar-refractivity contribution in [1.29, 1.82) is 0 Å². The summed E-state index contributed by atoms with van der Waals surface area (Å²) >= 11 is 0. The molecule has 0 atom stereocenters. The SMILES string of the molecule is Cc1ncc(N)cc1C(=O)NCCOCC(N)=O. The number of carbonyl (C=O) groups is 2. The number of aryl methyl sites for hydroxylation is 1. The zero-order valence-corrected chi connectivity index (χ0v) is 10.1. The summed E-state index contributed by atoms with van der Waals surface area (Å²) in [5.41, 5.74) is 11.9. The van der Waals surface area contributed by atoms with Crippen LogP contribution in [0.2, 0.25) is 0 Å². The summed E-state index contributed by atoms with van der Waals surface area (Å²) in [6.45, 7) is 2.05. The number of aromatic nitrogens is 1. The largest absolute Gasteiger partial charge is 0.397 e. The van der Waals surface area contributed by atoms with E-state index in [1.165, 1.54) is 6.20 Å². The molecular weight excluding hydrogens is 236 g/mol. The number of nitrogen functional groups attached to an aromatic ring is 1. The van der Waals surface area contributed by atoms with Crippen molar-refractivity contribution in [1.82, 2.24) is 10.3 Å². The van der Waals surface area contributed by atoms with E-state index in [4.69, 9.17) is 16.2 Å². The Labute approximate surface area is 105 Å². The quantitative estimate of drug-likeness (QED) is 0.573. The van der Waals surface area contributed by atoms with Gasteiger partial charge in [-0.15, -0.1) is 0 Å². The highest BCUT2D eigenvalue weighted by atomic mass is 16.5. The molecular formula is C11H16N4O3. The number of ether oxygens (including phenoxy) is 1. The lowest BCUT2D eigenvalue weighted by molar-refractivity contribution is -0.122. The molecule has 0 aliphatic heterocycles. The normalized spacial score (nSPS) is 10.1. The molecule has 7 heteroatoms. The van der Waals surface area contributed by atoms with Crippen LogP contribution >= 0.6 is 0 Å². The number of hydrogen-bond acceptors (Lipinski definition) is 5. The second-order valence-corrected chi connectivity index (χ2v) is 3.68. The Bertz CT molecular complexity index is 448. The summed E-state index contributed by atoms with van der Waals surface area (Å²) in [6.07, 6.45) is 1.49. The number of nitrogens with two attached hydrogens (primary N) is 2. The third kappa shape index (κ3) is 4.38. The van der Waals surface area contributed by atoms with Gasteiger partial charge in [-0.3, -0.25) is 14.6 Å². The van der Waals surface area contributed by atoms with Gasteiger partial charge < -0.3 is 21.5 Å². The third-order valence-electron chi connectivity index (χ3n) is 2.13. The van der Waals surface area contributed by atoms with Crippen LogP contribution in [0.15, 0.2) is 12.3 Å². The first kappa shape index (κ1) is 13.9. The lowest BCUT2D eigenvalue weighted by atomic mass is 10.2. The van der Waals surface area contributed by atoms with Crippen LogP contribution in [0, 0.1) is 6.92 Å². The van der Waals surface area contributed by atoms with E-state index in [2.05, 4.69) is 10.3 Å². The molecule has 0 spiro atoms. The van der Waals surface area contributed by atoms with Gasteiger partial charge in [0.2, 0.25) is 5.91 Å². The molecule has 0 aromatic carbocycles. The Kier molecular flexibility index (Phi) is 5.06. The highest BCUT2D eigenvalue weighted by Gasteiger charge is 2.09. The minimum absolute atomic E-state index is 0.158. The van der Waals surface area contributed by atoms with Gasteiger partial charge in [-0.2, -0.15) is 0 Å². The summed E-state index contributed by atoms with van der Waals surface area (Å²) in [4.78, 5) is 26.1. The minimum atomic E-state index is -0.544. The molecule has 1 aromatic rings. The van der Waals surface area contributed by atoms with E-state index in [0.717, 1.165) is 0 Å². The third-order valence-corrected chi connectivity index (χ3v) is 2.13. The van der Waals surface area contributed by atoms with Crippen molar-refractivity contribution in [2.24, 2.45) is 5.73 Å². The van der Waals surface area contributed by atoms with Crippen LogP contribution < -0.4 is 16.8 Å². The molecule has 0 radical (unpaired) electrons. The average molecular weight is 252 g/mol. The highest BCUT2D eigenvalue weighted by molar-refractivity contribution is 5.95. The summed E-state index contributed by atoms with van der Waals surface area (Å²) in [6, 6.07) is 1.56. The minimum Gasteiger partial charge on any atom is -0.397 e. The van der Waals surface area contributed by atoms with E-state index in [9.17, 15) is 9.59 Å². The van der Waals surface area contributed by atoms with Crippen LogP contribution in [-0.4, -0.2) is 36.6 Å². The monoisotopic (exact) mass is 252 g/mol. The summed E-state index contributed by atoms with van der Waals surface area (Å²) in [5, 5.41) is 2.63. The van der Waals surface area contributed by atoms with Crippen LogP contribution in [0.4, 0.5) is 5.69 Å². The van der Waals surface area contributed by atoms with Crippen LogP contribution in [0.3, 0.4) is 0 Å². The maximum absolute atomic E-state index is 11.8. The second-order valence-electron chi connectivity index (χ2n) is 3.68. The fourth-order valence-corrected chi connectivity index (χ4v) is 1.28. The van der Waals surface area contributed by atoms with Crippen LogP contribution in [-0.2, 0) is 9.53 Å². The molecule has 0 saturated heterocycles. The van der Waals surface area contributed by atoms with E-state index >= 15 is 0 Å². The van der Waals surface area contributed by atoms with Crippen molar-refractivity contribution in [3.8, 4) is 0 Å². The number of primary amides is 1. The average Bonchev–Trinajstić information content (AvgIpc) is 2.31. The lowest BCUT2D eigenvalue weighted by Gasteiger charge is -2.07. The summed E-state index contributed by atoms with van der Waals surface area (Å²) in [7, 11) is 0. The van der Waals surface area contributed by atoms with Gasteiger partial charge >= 0.3 is 0 Å². The number of amides is 2. The van der Waals surface area contributed by atoms with Crippen molar-refractivity contribution >= 4 is 17.5 Å². The van der Waals surface area contributed by atoms with Crippen molar-refractivity contribution in [2.45, 2.75) is 6.92 Å². The predicted molar refractivity (Wildman–Crippen MR) is 65.7 cm³/mol. The maximum Gasteiger partial charge on any atom is 0.253 e. The Morgan fingerprint density at radius 3 is 2.89 bits per heavy atom. The van der Waals surface area contributed by atoms with E-state index in [1.54, 1.807) is 13.0 Å². The van der Waals surface area contributed by atoms with Crippen LogP contribution in [0.1, 0.15) is 16.1 Å². The fraction of sp³-hybridized carbons (Fsp3) is 0.364. The molecule has 0 aliphatic rings. The highest BCUT2D eigenvalue weighted by Crippen LogP contribution is 2.08. The first-order valence-electron chi connectivity index (χ1n) is 5.37. The van der Waals surface area contributed by atoms with Crippen molar-refractivity contribution < 1.29 is 14.3 Å². The van der Waals surface area contributed by atoms with Crippen LogP contribution in [0.25, 0.3) is 0 Å². The first-order chi connectivity index (χ1) is 8.50. The molecule has 0 unspecified atom stereocenters. The number of anilines is 1. The van der Waals surface area contributed by atoms with E-state index in [1.807, 2.05) is 0 Å². The van der Waals surface area contributed by atoms with Gasteiger partial charge in [-0.05, 0) is 13.0 Å². The number of pyridine rings is 1. The topological polar surface area (TPSA) is 120 Å². The molecule has 0 fully saturated rings. The standard InChI is InChI=1S/C11H16N4O3/c1-7-9(4-8(12)5-15-7)11(17)14-2-3-18-6-10(13)16/h4-5H,2-3,6,12H2,1H3,(H2,13,16)(H,14,17). The molecule has 98 valence electrons. The zero-order chi connectivity index (χ0) is 13.5. The lowest BCUT2D eigenvalue weighted by Crippen LogP contribution is -2.29. The van der Waals surface area contributed by atoms with Gasteiger partial charge in [0, 0.05) is 6.54 Å². The van der Waals surface area contributed by atoms with E-state index < -0.39 is 5.91 Å². The number of nitrogens with one attached hydrogen (secondary N) is 1. The second kappa shape index (κ2) is 6.55. The molecule has 1 rings (SSSR count). The molecule has 0 aliphatic carbocycles. The van der Waals surface area contributed by atoms with Crippen molar-refractivity contribution in [3.05, 3.63) is 23.5 Å². The first-order valence-corrected chi connectivity index (χ1v) is 5.37. The smallest absolute Gasteiger partial charge is 0.253 e. The fourth-order valence-electron chi connectivity index (χ4n) is 1.28. The molecule has 18 heavy (non-hydrogen) atoms. The van der Waals surface area contributed by atoms with Crippen LogP contribution in [0.5, 0.6) is 0 Å². The van der Waals surface area contributed by atoms with Gasteiger partial charge in [0.1, 0.15) is 6.61 Å². The molecule has 2 amide bonds. The summed E-state index contributed by atoms with van der Waals surface area (Å²) < 4.78 is 4.91. The molecule has 1 heterocycles. The summed E-state index contributed by atoms with van der Waals surface area (Å²) in [5.74, 6) is -0.827. The van der Waals surface area contributed by atoms with Gasteiger partial charge in [0.15, 0.2) is 0 Å². The van der Waals surface area contributed by atoms with Gasteiger partial charge in [0.25, 0.3) is 5.91 Å². The van der Waals surface area contributed by atoms with Gasteiger partial charge in [-0.25, -0.2) is 0 Å². The molecule has 1 aromatic heterocycles. The van der Waals surface area contributed by atoms with Crippen molar-refractivity contribution in [2.75, 3.05) is 25.5 Å². The number of rotatable bonds is 6. The van der Waals surface area contributed by atoms with Gasteiger partial charge in [0.05, 0.1) is 29.7 Å². The Morgan fingerprint density at radius 2 is 2.22 bits per heavy atom. The molecule has 7 nitrogen and oxygen atoms in total. The zero-order valence-electron chi connectivity index (χ0n) is 10.1. The molecule has 0 saturated carbocycles. The predicted octanol–water partition coefficient (Wildman–Crippen LogP) is -0.796. The number of hydrogen-bond donors (Lipinski definition) is 3. The Balaban J connectivity index is 2.41. The molecule has 5 N–H and O–H groups in total. The Morgan fingerprint density at radius 1 is 1.50 bits per heavy atom. The van der Waals surface area contributed by atoms with Crippen molar-refractivity contribution in [3.63, 3.8) is 0 Å². The Hall–Kier alpha value is -2.15. The van der Waals surface area contributed by atoms with Gasteiger partial charge in [-0.1, -0.05) is 0 Å². The molecule has 0 bridgehead atoms. The number of nitrogens with zero attached hydrogens (tertiary/aromatic N) is 1. The number of carbonyl (C=O) groups excluding carboxylic acids is 2. The van der Waals surface area contributed by atoms with E-state index in [-0.39, 0.29) is 25.7 Å². The van der Waals surface area contributed by atoms with E-state index in [0.29, 0.717) is 16.9 Å².